The molecule has 0 fully saturated rings. The van der Waals surface area contributed by atoms with Gasteiger partial charge in [-0.15, -0.1) is 0 Å². The van der Waals surface area contributed by atoms with Gasteiger partial charge in [0.25, 0.3) is 0 Å². The lowest BCUT2D eigenvalue weighted by molar-refractivity contribution is -0.405. The third-order valence-electron chi connectivity index (χ3n) is 2.80. The van der Waals surface area contributed by atoms with E-state index in [1.54, 1.807) is 0 Å². The third kappa shape index (κ3) is 3.62. The van der Waals surface area contributed by atoms with Crippen LogP contribution in [0.4, 0.5) is 0 Å². The summed E-state index contributed by atoms with van der Waals surface area (Å²) in [5.41, 5.74) is 0.446. The van der Waals surface area contributed by atoms with Crippen molar-refractivity contribution in [2.75, 3.05) is 0 Å². The maximum Gasteiger partial charge on any atom is 0.123 e. The van der Waals surface area contributed by atoms with Crippen LogP contribution in [0.15, 0.2) is 30.3 Å². The second-order valence-corrected chi connectivity index (χ2v) is 5.16. The van der Waals surface area contributed by atoms with Crippen LogP contribution in [0.25, 0.3) is 0 Å². The first-order valence-electron chi connectivity index (χ1n) is 5.80. The van der Waals surface area contributed by atoms with Crippen LogP contribution in [0.5, 0.6) is 0 Å². The lowest BCUT2D eigenvalue weighted by Crippen LogP contribution is -2.30. The largest absolute Gasteiger partial charge is 0.230 e. The molecule has 0 aromatic heterocycles. The Labute approximate surface area is 98.5 Å². The highest BCUT2D eigenvalue weighted by atomic mass is 17.2. The van der Waals surface area contributed by atoms with Crippen molar-refractivity contribution in [1.82, 2.24) is 0 Å². The molecule has 0 spiro atoms. The first-order valence-corrected chi connectivity index (χ1v) is 5.80. The SMILES string of the molecule is CCC(C)(C)OOC(C)(C)c1ccccc1. The summed E-state index contributed by atoms with van der Waals surface area (Å²) in [5.74, 6) is 0. The van der Waals surface area contributed by atoms with Crippen LogP contribution in [0.3, 0.4) is 0 Å². The molecule has 1 rings (SSSR count). The summed E-state index contributed by atoms with van der Waals surface area (Å²) in [7, 11) is 0. The Balaban J connectivity index is 2.66. The zero-order chi connectivity index (χ0) is 12.2. The van der Waals surface area contributed by atoms with E-state index in [1.807, 2.05) is 58.0 Å². The Kier molecular flexibility index (Phi) is 4.11. The standard InChI is InChI=1S/C14H22O2/c1-6-13(2,3)15-16-14(4,5)12-10-8-7-9-11-12/h7-11H,6H2,1-5H3. The first-order chi connectivity index (χ1) is 7.37. The minimum atomic E-state index is -0.423. The van der Waals surface area contributed by atoms with Crippen molar-refractivity contribution in [1.29, 1.82) is 0 Å². The van der Waals surface area contributed by atoms with E-state index in [0.717, 1.165) is 12.0 Å². The van der Waals surface area contributed by atoms with E-state index in [-0.39, 0.29) is 5.60 Å². The molecular formula is C14H22O2. The van der Waals surface area contributed by atoms with Crippen LogP contribution in [-0.4, -0.2) is 5.60 Å². The molecule has 0 heterocycles. The first kappa shape index (κ1) is 13.2. The number of hydrogen-bond acceptors (Lipinski definition) is 2. The van der Waals surface area contributed by atoms with Crippen LogP contribution in [-0.2, 0) is 15.4 Å². The van der Waals surface area contributed by atoms with Gasteiger partial charge in [-0.25, -0.2) is 9.78 Å². The molecule has 0 amide bonds. The zero-order valence-corrected chi connectivity index (χ0v) is 10.9. The second kappa shape index (κ2) is 4.98. The molecule has 16 heavy (non-hydrogen) atoms. The van der Waals surface area contributed by atoms with E-state index in [4.69, 9.17) is 9.78 Å². The molecule has 0 unspecified atom stereocenters. The molecule has 0 radical (unpaired) electrons. The summed E-state index contributed by atoms with van der Waals surface area (Å²) >= 11 is 0. The number of rotatable bonds is 5. The summed E-state index contributed by atoms with van der Waals surface area (Å²) in [5, 5.41) is 0. The molecule has 90 valence electrons. The minimum absolute atomic E-state index is 0.244. The predicted octanol–water partition coefficient (Wildman–Crippen LogP) is 4.06. The topological polar surface area (TPSA) is 18.5 Å². The molecule has 1 aromatic rings. The van der Waals surface area contributed by atoms with Crippen molar-refractivity contribution in [3.8, 4) is 0 Å². The van der Waals surface area contributed by atoms with Gasteiger partial charge in [0.2, 0.25) is 0 Å². The van der Waals surface area contributed by atoms with Crippen molar-refractivity contribution < 1.29 is 9.78 Å². The Morgan fingerprint density at radius 2 is 1.50 bits per heavy atom. The zero-order valence-electron chi connectivity index (χ0n) is 10.9. The summed E-state index contributed by atoms with van der Waals surface area (Å²) in [4.78, 5) is 11.1. The predicted molar refractivity (Wildman–Crippen MR) is 66.0 cm³/mol. The van der Waals surface area contributed by atoms with Gasteiger partial charge in [-0.3, -0.25) is 0 Å². The molecular weight excluding hydrogens is 200 g/mol. The normalized spacial score (nSPS) is 12.8. The van der Waals surface area contributed by atoms with E-state index < -0.39 is 5.60 Å². The fourth-order valence-corrected chi connectivity index (χ4v) is 1.16. The molecule has 2 heteroatoms. The molecule has 0 N–H and O–H groups in total. The molecule has 2 nitrogen and oxygen atoms in total. The lowest BCUT2D eigenvalue weighted by atomic mass is 9.99. The van der Waals surface area contributed by atoms with Crippen LogP contribution < -0.4 is 0 Å². The van der Waals surface area contributed by atoms with Crippen LogP contribution >= 0.6 is 0 Å². The summed E-state index contributed by atoms with van der Waals surface area (Å²) < 4.78 is 0. The molecule has 0 saturated heterocycles. The van der Waals surface area contributed by atoms with Crippen molar-refractivity contribution >= 4 is 0 Å². The highest BCUT2D eigenvalue weighted by Gasteiger charge is 2.26. The summed E-state index contributed by atoms with van der Waals surface area (Å²) in [6.45, 7) is 10.1. The monoisotopic (exact) mass is 222 g/mol. The fourth-order valence-electron chi connectivity index (χ4n) is 1.16. The molecule has 0 saturated carbocycles. The van der Waals surface area contributed by atoms with Crippen molar-refractivity contribution in [3.05, 3.63) is 35.9 Å². The minimum Gasteiger partial charge on any atom is -0.230 e. The Morgan fingerprint density at radius 3 is 2.00 bits per heavy atom. The van der Waals surface area contributed by atoms with E-state index in [1.165, 1.54) is 0 Å². The fraction of sp³-hybridized carbons (Fsp3) is 0.571. The van der Waals surface area contributed by atoms with Gasteiger partial charge < -0.3 is 0 Å². The molecule has 0 atom stereocenters. The Bertz CT molecular complexity index is 315. The van der Waals surface area contributed by atoms with Crippen LogP contribution in [0, 0.1) is 0 Å². The van der Waals surface area contributed by atoms with Gasteiger partial charge in [-0.2, -0.15) is 0 Å². The van der Waals surface area contributed by atoms with Gasteiger partial charge in [-0.05, 0) is 39.7 Å². The Morgan fingerprint density at radius 1 is 0.938 bits per heavy atom. The van der Waals surface area contributed by atoms with Crippen molar-refractivity contribution in [3.63, 3.8) is 0 Å². The third-order valence-corrected chi connectivity index (χ3v) is 2.80. The smallest absolute Gasteiger partial charge is 0.123 e. The average Bonchev–Trinajstić information content (AvgIpc) is 2.28. The maximum absolute atomic E-state index is 5.57. The van der Waals surface area contributed by atoms with E-state index in [9.17, 15) is 0 Å². The van der Waals surface area contributed by atoms with E-state index in [0.29, 0.717) is 0 Å². The van der Waals surface area contributed by atoms with Crippen LogP contribution in [0.1, 0.15) is 46.6 Å². The second-order valence-electron chi connectivity index (χ2n) is 5.16. The van der Waals surface area contributed by atoms with Gasteiger partial charge in [0.1, 0.15) is 5.60 Å². The maximum atomic E-state index is 5.57. The van der Waals surface area contributed by atoms with E-state index in [2.05, 4.69) is 6.92 Å². The Hall–Kier alpha value is -0.860. The van der Waals surface area contributed by atoms with Gasteiger partial charge in [0.05, 0.1) is 5.60 Å². The highest BCUT2D eigenvalue weighted by Crippen LogP contribution is 2.27. The van der Waals surface area contributed by atoms with Gasteiger partial charge in [-0.1, -0.05) is 37.3 Å². The summed E-state index contributed by atoms with van der Waals surface area (Å²) in [6, 6.07) is 10.1. The molecule has 1 aromatic carbocycles. The van der Waals surface area contributed by atoms with Crippen molar-refractivity contribution in [2.24, 2.45) is 0 Å². The number of hydrogen-bond donors (Lipinski definition) is 0. The quantitative estimate of drug-likeness (QED) is 0.552. The number of benzene rings is 1. The molecule has 0 aliphatic carbocycles. The van der Waals surface area contributed by atoms with Gasteiger partial charge in [0.15, 0.2) is 0 Å². The lowest BCUT2D eigenvalue weighted by Gasteiger charge is -2.30. The molecule has 0 aliphatic heterocycles. The molecule has 0 aliphatic rings. The average molecular weight is 222 g/mol. The van der Waals surface area contributed by atoms with Gasteiger partial charge in [0, 0.05) is 0 Å². The van der Waals surface area contributed by atoms with Crippen LogP contribution in [0.2, 0.25) is 0 Å². The summed E-state index contributed by atoms with van der Waals surface area (Å²) in [6.07, 6.45) is 0.915. The molecule has 0 bridgehead atoms. The van der Waals surface area contributed by atoms with E-state index >= 15 is 0 Å². The van der Waals surface area contributed by atoms with Gasteiger partial charge >= 0.3 is 0 Å². The highest BCUT2D eigenvalue weighted by molar-refractivity contribution is 5.20. The van der Waals surface area contributed by atoms with Crippen molar-refractivity contribution in [2.45, 2.75) is 52.2 Å².